The summed E-state index contributed by atoms with van der Waals surface area (Å²) >= 11 is 1.59. The van der Waals surface area contributed by atoms with E-state index >= 15 is 0 Å². The van der Waals surface area contributed by atoms with Gasteiger partial charge in [-0.3, -0.25) is 14.1 Å². The van der Waals surface area contributed by atoms with E-state index in [2.05, 4.69) is 15.1 Å². The Morgan fingerprint density at radius 3 is 2.56 bits per heavy atom. The van der Waals surface area contributed by atoms with Crippen molar-refractivity contribution in [3.8, 4) is 0 Å². The van der Waals surface area contributed by atoms with Crippen LogP contribution in [0.4, 0.5) is 18.3 Å². The number of piperazine rings is 1. The SMILES string of the molecule is O=C(NC1CCC(F)(F)CC1)c1ccc2nc(N3CC4CCC(C3)N4CCCF)sc2c1. The largest absolute Gasteiger partial charge is 0.349 e. The molecule has 1 saturated carbocycles. The first-order chi connectivity index (χ1) is 15.4. The van der Waals surface area contributed by atoms with Crippen molar-refractivity contribution in [3.05, 3.63) is 23.8 Å². The Balaban J connectivity index is 1.25. The summed E-state index contributed by atoms with van der Waals surface area (Å²) in [5.41, 5.74) is 1.41. The average molecular weight is 467 g/mol. The van der Waals surface area contributed by atoms with Crippen LogP contribution < -0.4 is 10.2 Å². The number of carbonyl (C=O) groups excluding carboxylic acids is 1. The van der Waals surface area contributed by atoms with Gasteiger partial charge in [-0.15, -0.1) is 0 Å². The van der Waals surface area contributed by atoms with E-state index < -0.39 is 5.92 Å². The molecule has 5 rings (SSSR count). The summed E-state index contributed by atoms with van der Waals surface area (Å²) in [5, 5.41) is 3.89. The Morgan fingerprint density at radius 2 is 1.88 bits per heavy atom. The average Bonchev–Trinajstić information content (AvgIpc) is 3.30. The number of anilines is 1. The number of carbonyl (C=O) groups is 1. The molecular weight excluding hydrogens is 437 g/mol. The third kappa shape index (κ3) is 4.46. The molecule has 2 atom stereocenters. The van der Waals surface area contributed by atoms with Crippen molar-refractivity contribution in [1.29, 1.82) is 0 Å². The van der Waals surface area contributed by atoms with Gasteiger partial charge in [-0.25, -0.2) is 13.8 Å². The number of rotatable bonds is 6. The predicted molar refractivity (Wildman–Crippen MR) is 121 cm³/mol. The highest BCUT2D eigenvalue weighted by atomic mass is 32.1. The maximum atomic E-state index is 13.4. The summed E-state index contributed by atoms with van der Waals surface area (Å²) in [6.07, 6.45) is 3.18. The number of aromatic nitrogens is 1. The summed E-state index contributed by atoms with van der Waals surface area (Å²) < 4.78 is 40.3. The zero-order valence-corrected chi connectivity index (χ0v) is 18.9. The van der Waals surface area contributed by atoms with Gasteiger partial charge in [0, 0.05) is 56.2 Å². The molecule has 9 heteroatoms. The molecule has 2 bridgehead atoms. The Hall–Kier alpha value is -1.87. The molecule has 3 fully saturated rings. The lowest BCUT2D eigenvalue weighted by molar-refractivity contribution is -0.0399. The summed E-state index contributed by atoms with van der Waals surface area (Å²) in [7, 11) is 0. The van der Waals surface area contributed by atoms with Gasteiger partial charge in [0.15, 0.2) is 5.13 Å². The first kappa shape index (κ1) is 21.9. The highest BCUT2D eigenvalue weighted by Gasteiger charge is 2.40. The number of fused-ring (bicyclic) bond motifs is 3. The molecule has 5 nitrogen and oxygen atoms in total. The van der Waals surface area contributed by atoms with Gasteiger partial charge in [-0.1, -0.05) is 11.3 Å². The van der Waals surface area contributed by atoms with Gasteiger partial charge in [0.05, 0.1) is 16.9 Å². The molecule has 3 aliphatic rings. The zero-order valence-electron chi connectivity index (χ0n) is 18.0. The molecule has 1 N–H and O–H groups in total. The maximum absolute atomic E-state index is 13.4. The molecule has 0 radical (unpaired) electrons. The van der Waals surface area contributed by atoms with Gasteiger partial charge in [-0.05, 0) is 50.3 Å². The van der Waals surface area contributed by atoms with Crippen molar-refractivity contribution in [1.82, 2.24) is 15.2 Å². The highest BCUT2D eigenvalue weighted by Crippen LogP contribution is 2.37. The van der Waals surface area contributed by atoms with E-state index in [0.29, 0.717) is 36.9 Å². The number of halogens is 3. The number of nitrogens with zero attached hydrogens (tertiary/aromatic N) is 3. The summed E-state index contributed by atoms with van der Waals surface area (Å²) in [6, 6.07) is 6.20. The van der Waals surface area contributed by atoms with Crippen LogP contribution in [0.3, 0.4) is 0 Å². The number of hydrogen-bond donors (Lipinski definition) is 1. The molecular formula is C23H29F3N4OS. The van der Waals surface area contributed by atoms with E-state index in [4.69, 9.17) is 4.98 Å². The third-order valence-electron chi connectivity index (χ3n) is 7.15. The molecule has 2 saturated heterocycles. The minimum atomic E-state index is -2.60. The predicted octanol–water partition coefficient (Wildman–Crippen LogP) is 4.62. The molecule has 0 spiro atoms. The number of benzene rings is 1. The molecule has 2 aromatic rings. The van der Waals surface area contributed by atoms with Crippen LogP contribution in [-0.4, -0.2) is 66.1 Å². The van der Waals surface area contributed by atoms with Crippen LogP contribution in [0.25, 0.3) is 10.2 Å². The molecule has 2 aliphatic heterocycles. The molecule has 2 unspecified atom stereocenters. The molecule has 174 valence electrons. The number of amides is 1. The van der Waals surface area contributed by atoms with Crippen molar-refractivity contribution in [2.24, 2.45) is 0 Å². The maximum Gasteiger partial charge on any atom is 0.251 e. The molecule has 3 heterocycles. The smallest absolute Gasteiger partial charge is 0.251 e. The van der Waals surface area contributed by atoms with Crippen molar-refractivity contribution in [2.45, 2.75) is 69.0 Å². The Labute approximate surface area is 190 Å². The van der Waals surface area contributed by atoms with Crippen LogP contribution in [0.15, 0.2) is 18.2 Å². The minimum Gasteiger partial charge on any atom is -0.349 e. The van der Waals surface area contributed by atoms with Crippen LogP contribution in [-0.2, 0) is 0 Å². The van der Waals surface area contributed by atoms with Gasteiger partial charge >= 0.3 is 0 Å². The monoisotopic (exact) mass is 466 g/mol. The zero-order chi connectivity index (χ0) is 22.3. The van der Waals surface area contributed by atoms with Crippen molar-refractivity contribution in [2.75, 3.05) is 31.2 Å². The molecule has 1 aromatic carbocycles. The first-order valence-electron chi connectivity index (χ1n) is 11.6. The molecule has 1 aromatic heterocycles. The summed E-state index contributed by atoms with van der Waals surface area (Å²) in [4.78, 5) is 22.3. The fourth-order valence-corrected chi connectivity index (χ4v) is 6.42. The molecule has 32 heavy (non-hydrogen) atoms. The van der Waals surface area contributed by atoms with Gasteiger partial charge in [-0.2, -0.15) is 0 Å². The molecule has 1 aliphatic carbocycles. The van der Waals surface area contributed by atoms with Crippen LogP contribution in [0.1, 0.15) is 55.3 Å². The fraction of sp³-hybridized carbons (Fsp3) is 0.652. The second kappa shape index (κ2) is 8.82. The van der Waals surface area contributed by atoms with E-state index in [1.165, 1.54) is 0 Å². The highest BCUT2D eigenvalue weighted by molar-refractivity contribution is 7.22. The second-order valence-electron chi connectivity index (χ2n) is 9.35. The number of thiazole rings is 1. The van der Waals surface area contributed by atoms with Crippen molar-refractivity contribution in [3.63, 3.8) is 0 Å². The Morgan fingerprint density at radius 1 is 1.16 bits per heavy atom. The van der Waals surface area contributed by atoms with E-state index in [0.717, 1.165) is 47.8 Å². The fourth-order valence-electron chi connectivity index (χ4n) is 5.40. The normalized spacial score (nSPS) is 26.0. The van der Waals surface area contributed by atoms with Crippen molar-refractivity contribution >= 4 is 32.6 Å². The topological polar surface area (TPSA) is 48.5 Å². The van der Waals surface area contributed by atoms with Gasteiger partial charge in [0.25, 0.3) is 5.91 Å². The third-order valence-corrected chi connectivity index (χ3v) is 8.22. The van der Waals surface area contributed by atoms with E-state index in [9.17, 15) is 18.0 Å². The summed E-state index contributed by atoms with van der Waals surface area (Å²) in [6.45, 7) is 2.38. The minimum absolute atomic E-state index is 0.168. The standard InChI is InChI=1S/C23H29F3N4OS/c24-10-1-11-30-17-3-4-18(30)14-29(13-17)22-28-19-5-2-15(12-20(19)32-22)21(31)27-16-6-8-23(25,26)9-7-16/h2,5,12,16-18H,1,3-4,6-11,13-14H2,(H,27,31). The van der Waals surface area contributed by atoms with Gasteiger partial charge in [0.2, 0.25) is 5.92 Å². The van der Waals surface area contributed by atoms with E-state index in [-0.39, 0.29) is 31.5 Å². The molecule has 1 amide bonds. The lowest BCUT2D eigenvalue weighted by atomic mass is 9.92. The Bertz CT molecular complexity index is 959. The van der Waals surface area contributed by atoms with E-state index in [1.54, 1.807) is 17.4 Å². The number of alkyl halides is 3. The Kier molecular flexibility index (Phi) is 6.05. The van der Waals surface area contributed by atoms with Gasteiger partial charge in [0.1, 0.15) is 0 Å². The van der Waals surface area contributed by atoms with Crippen LogP contribution in [0.5, 0.6) is 0 Å². The van der Waals surface area contributed by atoms with Crippen LogP contribution in [0.2, 0.25) is 0 Å². The van der Waals surface area contributed by atoms with Gasteiger partial charge < -0.3 is 10.2 Å². The number of hydrogen-bond acceptors (Lipinski definition) is 5. The quantitative estimate of drug-likeness (QED) is 0.675. The van der Waals surface area contributed by atoms with Crippen LogP contribution in [0, 0.1) is 0 Å². The number of nitrogens with one attached hydrogen (secondary N) is 1. The van der Waals surface area contributed by atoms with Crippen molar-refractivity contribution < 1.29 is 18.0 Å². The van der Waals surface area contributed by atoms with E-state index in [1.807, 2.05) is 12.1 Å². The second-order valence-corrected chi connectivity index (χ2v) is 10.4. The first-order valence-corrected chi connectivity index (χ1v) is 12.4. The summed E-state index contributed by atoms with van der Waals surface area (Å²) in [5.74, 6) is -2.81. The lowest BCUT2D eigenvalue weighted by Gasteiger charge is -2.40. The lowest BCUT2D eigenvalue weighted by Crippen LogP contribution is -2.54. The van der Waals surface area contributed by atoms with Crippen LogP contribution >= 0.6 is 11.3 Å².